The van der Waals surface area contributed by atoms with Gasteiger partial charge in [-0.15, -0.1) is 0 Å². The fourth-order valence-corrected chi connectivity index (χ4v) is 3.06. The van der Waals surface area contributed by atoms with Gasteiger partial charge in [-0.1, -0.05) is 58.0 Å². The monoisotopic (exact) mass is 383 g/mol. The van der Waals surface area contributed by atoms with Crippen LogP contribution in [0.25, 0.3) is 11.3 Å². The molecule has 0 radical (unpaired) electrons. The Balaban J connectivity index is 2.65. The van der Waals surface area contributed by atoms with Crippen LogP contribution in [-0.4, -0.2) is 16.1 Å². The van der Waals surface area contributed by atoms with Gasteiger partial charge in [0.1, 0.15) is 0 Å². The Labute approximate surface area is 145 Å². The maximum Gasteiger partial charge on any atom is 0.307 e. The minimum Gasteiger partial charge on any atom is -0.481 e. The van der Waals surface area contributed by atoms with Crippen molar-refractivity contribution in [2.24, 2.45) is 0 Å². The lowest BCUT2D eigenvalue weighted by Gasteiger charge is -2.12. The van der Waals surface area contributed by atoms with Gasteiger partial charge < -0.3 is 5.11 Å². The molecular weight excluding hydrogens is 379 g/mol. The number of nitrogens with zero attached hydrogens (tertiary/aromatic N) is 1. The van der Waals surface area contributed by atoms with Gasteiger partial charge in [0.05, 0.1) is 37.2 Å². The van der Waals surface area contributed by atoms with Crippen molar-refractivity contribution in [3.8, 4) is 11.3 Å². The number of rotatable bonds is 3. The Morgan fingerprint density at radius 3 is 2.05 bits per heavy atom. The number of pyridine rings is 1. The van der Waals surface area contributed by atoms with Crippen LogP contribution >= 0.6 is 58.0 Å². The van der Waals surface area contributed by atoms with Crippen LogP contribution in [0.1, 0.15) is 5.56 Å². The van der Waals surface area contributed by atoms with Crippen molar-refractivity contribution in [3.63, 3.8) is 0 Å². The van der Waals surface area contributed by atoms with Gasteiger partial charge in [-0.3, -0.25) is 9.78 Å². The molecule has 1 heterocycles. The van der Waals surface area contributed by atoms with Crippen LogP contribution in [0.15, 0.2) is 18.3 Å². The molecule has 1 aromatic heterocycles. The van der Waals surface area contributed by atoms with Crippen LogP contribution in [-0.2, 0) is 11.2 Å². The van der Waals surface area contributed by atoms with Crippen LogP contribution in [0.2, 0.25) is 25.1 Å². The molecule has 2 rings (SSSR count). The maximum absolute atomic E-state index is 10.8. The van der Waals surface area contributed by atoms with Gasteiger partial charge in [0.2, 0.25) is 0 Å². The van der Waals surface area contributed by atoms with E-state index in [0.717, 1.165) is 0 Å². The Morgan fingerprint density at radius 2 is 1.52 bits per heavy atom. The van der Waals surface area contributed by atoms with Gasteiger partial charge >= 0.3 is 5.97 Å². The number of carbonyl (C=O) groups is 1. The molecule has 21 heavy (non-hydrogen) atoms. The van der Waals surface area contributed by atoms with Crippen LogP contribution in [0.3, 0.4) is 0 Å². The molecule has 0 saturated heterocycles. The summed E-state index contributed by atoms with van der Waals surface area (Å²) in [5.41, 5.74) is 1.22. The molecule has 0 unspecified atom stereocenters. The molecule has 0 spiro atoms. The van der Waals surface area contributed by atoms with Crippen molar-refractivity contribution in [2.75, 3.05) is 0 Å². The molecule has 0 atom stereocenters. The standard InChI is InChI=1S/C13H6Cl5NO2/c14-9-8(10(15)12(17)13(18)11(9)16)6-3-5(1-2-19-6)4-7(20)21/h1-3H,4H2,(H,20,21). The van der Waals surface area contributed by atoms with E-state index < -0.39 is 5.97 Å². The van der Waals surface area contributed by atoms with Gasteiger partial charge in [-0.25, -0.2) is 0 Å². The SMILES string of the molecule is O=C(O)Cc1ccnc(-c2c(Cl)c(Cl)c(Cl)c(Cl)c2Cl)c1. The largest absolute Gasteiger partial charge is 0.481 e. The summed E-state index contributed by atoms with van der Waals surface area (Å²) in [4.78, 5) is 14.9. The highest BCUT2D eigenvalue weighted by Gasteiger charge is 2.21. The van der Waals surface area contributed by atoms with Crippen molar-refractivity contribution in [1.29, 1.82) is 0 Å². The van der Waals surface area contributed by atoms with Crippen LogP contribution < -0.4 is 0 Å². The van der Waals surface area contributed by atoms with E-state index in [9.17, 15) is 4.79 Å². The number of carboxylic acids is 1. The molecular formula is C13H6Cl5NO2. The summed E-state index contributed by atoms with van der Waals surface area (Å²) in [6, 6.07) is 3.14. The van der Waals surface area contributed by atoms with E-state index in [1.54, 1.807) is 12.1 Å². The van der Waals surface area contributed by atoms with E-state index >= 15 is 0 Å². The third-order valence-corrected chi connectivity index (χ3v) is 4.92. The summed E-state index contributed by atoms with van der Waals surface area (Å²) in [6.07, 6.45) is 1.30. The van der Waals surface area contributed by atoms with Gasteiger partial charge in [0.25, 0.3) is 0 Å². The molecule has 2 aromatic rings. The first-order chi connectivity index (χ1) is 9.82. The van der Waals surface area contributed by atoms with Crippen LogP contribution in [0.4, 0.5) is 0 Å². The number of benzene rings is 1. The van der Waals surface area contributed by atoms with E-state index in [-0.39, 0.29) is 31.5 Å². The van der Waals surface area contributed by atoms with E-state index in [4.69, 9.17) is 63.1 Å². The fraction of sp³-hybridized carbons (Fsp3) is 0.0769. The fourth-order valence-electron chi connectivity index (χ4n) is 1.73. The molecule has 3 nitrogen and oxygen atoms in total. The minimum absolute atomic E-state index is 0.0544. The lowest BCUT2D eigenvalue weighted by atomic mass is 10.1. The highest BCUT2D eigenvalue weighted by molar-refractivity contribution is 6.56. The van der Waals surface area contributed by atoms with E-state index in [1.807, 2.05) is 0 Å². The smallest absolute Gasteiger partial charge is 0.307 e. The molecule has 8 heteroatoms. The first-order valence-corrected chi connectivity index (χ1v) is 7.40. The number of hydrogen-bond donors (Lipinski definition) is 1. The zero-order valence-electron chi connectivity index (χ0n) is 10.1. The Bertz CT molecular complexity index is 704. The third kappa shape index (κ3) is 3.38. The average molecular weight is 385 g/mol. The number of hydrogen-bond acceptors (Lipinski definition) is 2. The zero-order chi connectivity index (χ0) is 15.7. The van der Waals surface area contributed by atoms with Gasteiger partial charge in [0.15, 0.2) is 0 Å². The normalized spacial score (nSPS) is 10.7. The molecule has 0 aliphatic rings. The molecule has 110 valence electrons. The molecule has 1 N–H and O–H groups in total. The lowest BCUT2D eigenvalue weighted by Crippen LogP contribution is -2.00. The average Bonchev–Trinajstić information content (AvgIpc) is 2.43. The van der Waals surface area contributed by atoms with Crippen molar-refractivity contribution in [3.05, 3.63) is 49.0 Å². The first kappa shape index (κ1) is 16.7. The summed E-state index contributed by atoms with van der Waals surface area (Å²) in [7, 11) is 0. The van der Waals surface area contributed by atoms with Crippen LogP contribution in [0.5, 0.6) is 0 Å². The Morgan fingerprint density at radius 1 is 1.00 bits per heavy atom. The van der Waals surface area contributed by atoms with E-state index in [1.165, 1.54) is 6.20 Å². The molecule has 0 aliphatic heterocycles. The van der Waals surface area contributed by atoms with Gasteiger partial charge in [-0.2, -0.15) is 0 Å². The molecule has 0 saturated carbocycles. The van der Waals surface area contributed by atoms with E-state index in [0.29, 0.717) is 16.8 Å². The minimum atomic E-state index is -0.962. The summed E-state index contributed by atoms with van der Waals surface area (Å²) in [5, 5.41) is 9.23. The summed E-state index contributed by atoms with van der Waals surface area (Å²) in [5.74, 6) is -0.962. The van der Waals surface area contributed by atoms with Crippen molar-refractivity contribution < 1.29 is 9.90 Å². The lowest BCUT2D eigenvalue weighted by molar-refractivity contribution is -0.136. The molecule has 0 fully saturated rings. The van der Waals surface area contributed by atoms with Crippen molar-refractivity contribution in [2.45, 2.75) is 6.42 Å². The number of carboxylic acid groups (broad SMARTS) is 1. The molecule has 0 aliphatic carbocycles. The molecule has 0 amide bonds. The van der Waals surface area contributed by atoms with Gasteiger partial charge in [0, 0.05) is 11.8 Å². The summed E-state index contributed by atoms with van der Waals surface area (Å²) >= 11 is 30.2. The second-order valence-corrected chi connectivity index (χ2v) is 5.95. The quantitative estimate of drug-likeness (QED) is 0.549. The first-order valence-electron chi connectivity index (χ1n) is 5.51. The number of aliphatic carboxylic acids is 1. The maximum atomic E-state index is 10.8. The Hall–Kier alpha value is -0.710. The predicted molar refractivity (Wildman–Crippen MR) is 86.1 cm³/mol. The molecule has 0 bridgehead atoms. The third-order valence-electron chi connectivity index (χ3n) is 2.65. The predicted octanol–water partition coefficient (Wildman–Crippen LogP) is 5.64. The summed E-state index contributed by atoms with van der Waals surface area (Å²) < 4.78 is 0. The summed E-state index contributed by atoms with van der Waals surface area (Å²) in [6.45, 7) is 0. The second-order valence-electron chi connectivity index (χ2n) is 4.06. The highest BCUT2D eigenvalue weighted by atomic mass is 35.5. The van der Waals surface area contributed by atoms with Crippen molar-refractivity contribution in [1.82, 2.24) is 4.98 Å². The number of halogens is 5. The van der Waals surface area contributed by atoms with E-state index in [2.05, 4.69) is 4.98 Å². The van der Waals surface area contributed by atoms with Crippen LogP contribution in [0, 0.1) is 0 Å². The highest BCUT2D eigenvalue weighted by Crippen LogP contribution is 2.47. The molecule has 1 aromatic carbocycles. The number of aromatic nitrogens is 1. The second kappa shape index (κ2) is 6.59. The topological polar surface area (TPSA) is 50.2 Å². The van der Waals surface area contributed by atoms with Gasteiger partial charge in [-0.05, 0) is 17.7 Å². The Kier molecular flexibility index (Phi) is 5.23. The zero-order valence-corrected chi connectivity index (χ0v) is 13.9. The van der Waals surface area contributed by atoms with Crippen molar-refractivity contribution >= 4 is 64.0 Å².